The molecule has 2 N–H and O–H groups in total. The molecule has 100 valence electrons. The van der Waals surface area contributed by atoms with E-state index in [0.29, 0.717) is 0 Å². The normalized spacial score (nSPS) is 11.5. The van der Waals surface area contributed by atoms with Crippen molar-refractivity contribution in [3.05, 3.63) is 58.9 Å². The van der Waals surface area contributed by atoms with E-state index in [9.17, 15) is 12.8 Å². The predicted octanol–water partition coefficient (Wildman–Crippen LogP) is 3.04. The van der Waals surface area contributed by atoms with Crippen LogP contribution in [0.4, 0.5) is 10.1 Å². The van der Waals surface area contributed by atoms with Crippen LogP contribution in [0.25, 0.3) is 0 Å². The average Bonchev–Trinajstić information content (AvgIpc) is 2.34. The number of hydrogen-bond acceptors (Lipinski definition) is 3. The molecule has 0 aliphatic heterocycles. The van der Waals surface area contributed by atoms with Gasteiger partial charge in [0.2, 0.25) is 0 Å². The molecule has 0 spiro atoms. The predicted molar refractivity (Wildman–Crippen MR) is 73.2 cm³/mol. The molecule has 19 heavy (non-hydrogen) atoms. The van der Waals surface area contributed by atoms with Gasteiger partial charge >= 0.3 is 0 Å². The van der Waals surface area contributed by atoms with Gasteiger partial charge in [-0.25, -0.2) is 12.8 Å². The number of hydrogen-bond donors (Lipinski definition) is 1. The first kappa shape index (κ1) is 13.8. The fraction of sp³-hybridized carbons (Fsp3) is 0.0769. The third-order valence-corrected chi connectivity index (χ3v) is 4.69. The van der Waals surface area contributed by atoms with Crippen LogP contribution >= 0.6 is 11.6 Å². The lowest BCUT2D eigenvalue weighted by Crippen LogP contribution is -2.09. The zero-order chi connectivity index (χ0) is 14.0. The van der Waals surface area contributed by atoms with Gasteiger partial charge in [-0.15, -0.1) is 0 Å². The Hall–Kier alpha value is -1.59. The fourth-order valence-corrected chi connectivity index (χ4v) is 3.53. The summed E-state index contributed by atoms with van der Waals surface area (Å²) >= 11 is 5.92. The third-order valence-electron chi connectivity index (χ3n) is 2.66. The van der Waals surface area contributed by atoms with Gasteiger partial charge < -0.3 is 5.73 Å². The van der Waals surface area contributed by atoms with Crippen molar-refractivity contribution in [2.45, 2.75) is 10.6 Å². The molecule has 2 aromatic rings. The minimum atomic E-state index is -3.83. The summed E-state index contributed by atoms with van der Waals surface area (Å²) in [6, 6.07) is 9.93. The van der Waals surface area contributed by atoms with Crippen LogP contribution in [-0.4, -0.2) is 8.42 Å². The molecule has 0 atom stereocenters. The second-order valence-corrected chi connectivity index (χ2v) is 6.36. The molecule has 3 nitrogen and oxygen atoms in total. The van der Waals surface area contributed by atoms with Crippen LogP contribution in [0.2, 0.25) is 5.02 Å². The number of anilines is 1. The van der Waals surface area contributed by atoms with Crippen molar-refractivity contribution < 1.29 is 12.8 Å². The number of nitrogen functional groups attached to an aromatic ring is 1. The highest BCUT2D eigenvalue weighted by atomic mass is 35.5. The highest BCUT2D eigenvalue weighted by molar-refractivity contribution is 7.90. The highest BCUT2D eigenvalue weighted by Crippen LogP contribution is 2.27. The summed E-state index contributed by atoms with van der Waals surface area (Å²) in [5.41, 5.74) is 6.26. The van der Waals surface area contributed by atoms with Gasteiger partial charge in [-0.05, 0) is 24.3 Å². The van der Waals surface area contributed by atoms with Crippen molar-refractivity contribution >= 4 is 27.1 Å². The van der Waals surface area contributed by atoms with Crippen LogP contribution in [0, 0.1) is 5.82 Å². The Balaban J connectivity index is 2.46. The molecule has 0 saturated heterocycles. The summed E-state index contributed by atoms with van der Waals surface area (Å²) in [5.74, 6) is -1.22. The van der Waals surface area contributed by atoms with E-state index >= 15 is 0 Å². The van der Waals surface area contributed by atoms with Gasteiger partial charge in [0.25, 0.3) is 0 Å². The fourth-order valence-electron chi connectivity index (χ4n) is 1.69. The summed E-state index contributed by atoms with van der Waals surface area (Å²) in [6.45, 7) is 0. The number of rotatable bonds is 3. The largest absolute Gasteiger partial charge is 0.398 e. The average molecular weight is 300 g/mol. The van der Waals surface area contributed by atoms with Crippen LogP contribution < -0.4 is 5.73 Å². The molecule has 0 heterocycles. The first-order valence-corrected chi connectivity index (χ1v) is 7.45. The molecular weight excluding hydrogens is 289 g/mol. The molecule has 0 unspecified atom stereocenters. The van der Waals surface area contributed by atoms with Crippen LogP contribution in [0.1, 0.15) is 5.56 Å². The molecule has 0 bridgehead atoms. The summed E-state index contributed by atoms with van der Waals surface area (Å²) in [5, 5.41) is 0.250. The van der Waals surface area contributed by atoms with Crippen molar-refractivity contribution in [1.29, 1.82) is 0 Å². The van der Waals surface area contributed by atoms with E-state index in [2.05, 4.69) is 0 Å². The van der Waals surface area contributed by atoms with Crippen LogP contribution in [-0.2, 0) is 15.6 Å². The molecule has 0 aliphatic rings. The van der Waals surface area contributed by atoms with Gasteiger partial charge in [0, 0.05) is 16.3 Å². The molecule has 0 fully saturated rings. The molecule has 2 rings (SSSR count). The molecule has 0 aromatic heterocycles. The Kier molecular flexibility index (Phi) is 3.78. The highest BCUT2D eigenvalue weighted by Gasteiger charge is 2.21. The molecule has 6 heteroatoms. The molecule has 0 saturated carbocycles. The van der Waals surface area contributed by atoms with Crippen molar-refractivity contribution in [2.75, 3.05) is 5.73 Å². The van der Waals surface area contributed by atoms with Crippen molar-refractivity contribution in [3.8, 4) is 0 Å². The summed E-state index contributed by atoms with van der Waals surface area (Å²) < 4.78 is 37.9. The standard InChI is InChI=1S/C13H11ClFNO2S/c14-10-4-3-6-12(16)9(10)8-19(17,18)13-7-2-1-5-11(13)15/h1-7H,8,16H2. The third kappa shape index (κ3) is 2.88. The molecule has 0 amide bonds. The maximum absolute atomic E-state index is 13.5. The van der Waals surface area contributed by atoms with E-state index in [4.69, 9.17) is 17.3 Å². The number of nitrogens with two attached hydrogens (primary N) is 1. The van der Waals surface area contributed by atoms with Gasteiger partial charge in [0.1, 0.15) is 10.7 Å². The lowest BCUT2D eigenvalue weighted by molar-refractivity contribution is 0.566. The lowest BCUT2D eigenvalue weighted by atomic mass is 10.2. The summed E-state index contributed by atoms with van der Waals surface area (Å²) in [4.78, 5) is -0.352. The van der Waals surface area contributed by atoms with Crippen molar-refractivity contribution in [1.82, 2.24) is 0 Å². The van der Waals surface area contributed by atoms with E-state index in [0.717, 1.165) is 6.07 Å². The van der Waals surface area contributed by atoms with E-state index in [1.807, 2.05) is 0 Å². The monoisotopic (exact) mass is 299 g/mol. The summed E-state index contributed by atoms with van der Waals surface area (Å²) in [6.07, 6.45) is 0. The number of halogens is 2. The molecular formula is C13H11ClFNO2S. The quantitative estimate of drug-likeness (QED) is 0.886. The van der Waals surface area contributed by atoms with Gasteiger partial charge in [-0.3, -0.25) is 0 Å². The smallest absolute Gasteiger partial charge is 0.185 e. The molecule has 2 aromatic carbocycles. The van der Waals surface area contributed by atoms with E-state index < -0.39 is 21.4 Å². The minimum absolute atomic E-state index is 0.250. The first-order valence-electron chi connectivity index (χ1n) is 5.42. The van der Waals surface area contributed by atoms with Crippen LogP contribution in [0.5, 0.6) is 0 Å². The SMILES string of the molecule is Nc1cccc(Cl)c1CS(=O)(=O)c1ccccc1F. The Bertz CT molecular complexity index is 696. The van der Waals surface area contributed by atoms with Gasteiger partial charge in [0.15, 0.2) is 9.84 Å². The number of sulfone groups is 1. The number of benzene rings is 2. The Morgan fingerprint density at radius 1 is 1.11 bits per heavy atom. The zero-order valence-corrected chi connectivity index (χ0v) is 11.4. The topological polar surface area (TPSA) is 60.2 Å². The lowest BCUT2D eigenvalue weighted by Gasteiger charge is -2.09. The second kappa shape index (κ2) is 5.19. The molecule has 0 aliphatic carbocycles. The Morgan fingerprint density at radius 3 is 2.42 bits per heavy atom. The van der Waals surface area contributed by atoms with E-state index in [1.54, 1.807) is 18.2 Å². The van der Waals surface area contributed by atoms with Crippen LogP contribution in [0.15, 0.2) is 47.4 Å². The van der Waals surface area contributed by atoms with Crippen molar-refractivity contribution in [2.24, 2.45) is 0 Å². The van der Waals surface area contributed by atoms with Crippen LogP contribution in [0.3, 0.4) is 0 Å². The Labute approximate surface area is 115 Å². The maximum Gasteiger partial charge on any atom is 0.185 e. The second-order valence-electron chi connectivity index (χ2n) is 4.00. The van der Waals surface area contributed by atoms with E-state index in [-0.39, 0.29) is 21.2 Å². The van der Waals surface area contributed by atoms with Gasteiger partial charge in [-0.2, -0.15) is 0 Å². The van der Waals surface area contributed by atoms with Gasteiger partial charge in [-0.1, -0.05) is 29.8 Å². The Morgan fingerprint density at radius 2 is 1.79 bits per heavy atom. The van der Waals surface area contributed by atoms with Gasteiger partial charge in [0.05, 0.1) is 5.75 Å². The summed E-state index contributed by atoms with van der Waals surface area (Å²) in [7, 11) is -3.83. The first-order chi connectivity index (χ1) is 8.92. The van der Waals surface area contributed by atoms with Crippen molar-refractivity contribution in [3.63, 3.8) is 0 Å². The zero-order valence-electron chi connectivity index (χ0n) is 9.81. The van der Waals surface area contributed by atoms with E-state index in [1.165, 1.54) is 18.2 Å². The molecule has 0 radical (unpaired) electrons. The minimum Gasteiger partial charge on any atom is -0.398 e. The maximum atomic E-state index is 13.5.